The standard InChI is InChI=1S/C31H50O3Si/c1-5-9-20-35(21-10-6-2,22-11-7-3)34-29-24-31(33-25-27-15-13-12-14-16-27)19-17-28(29)23-30(31,26-32)18-8-4/h8,12-16,26,28-29H,4-7,9-11,17-25H2,1-3H3/t28?,29-,30-,31?/m0/s1. The largest absolute Gasteiger partial charge is 0.414 e. The maximum Gasteiger partial charge on any atom is 0.193 e. The molecule has 0 spiro atoms. The summed E-state index contributed by atoms with van der Waals surface area (Å²) in [6.07, 6.45) is 15.4. The first kappa shape index (κ1) is 28.3. The van der Waals surface area contributed by atoms with Crippen LogP contribution in [0.2, 0.25) is 18.1 Å². The molecule has 0 saturated heterocycles. The third-order valence-corrected chi connectivity index (χ3v) is 13.6. The van der Waals surface area contributed by atoms with Gasteiger partial charge in [-0.15, -0.1) is 6.58 Å². The van der Waals surface area contributed by atoms with E-state index in [-0.39, 0.29) is 6.10 Å². The number of allylic oxidation sites excluding steroid dienone is 1. The van der Waals surface area contributed by atoms with Crippen molar-refractivity contribution in [3.05, 3.63) is 48.6 Å². The summed E-state index contributed by atoms with van der Waals surface area (Å²) in [5, 5.41) is 0. The molecule has 0 aliphatic heterocycles. The molecular formula is C31H50O3Si. The first-order valence-corrected chi connectivity index (χ1v) is 17.0. The number of hydrogen-bond donors (Lipinski definition) is 0. The second-order valence-corrected chi connectivity index (χ2v) is 15.5. The minimum atomic E-state index is -1.84. The van der Waals surface area contributed by atoms with Crippen LogP contribution in [0.25, 0.3) is 0 Å². The summed E-state index contributed by atoms with van der Waals surface area (Å²) in [5.74, 6) is 0.458. The Hall–Kier alpha value is -1.23. The summed E-state index contributed by atoms with van der Waals surface area (Å²) in [5.41, 5.74) is 0.230. The van der Waals surface area contributed by atoms with Gasteiger partial charge in [0.25, 0.3) is 0 Å². The van der Waals surface area contributed by atoms with E-state index in [1.165, 1.54) is 68.5 Å². The van der Waals surface area contributed by atoms with Crippen molar-refractivity contribution in [3.63, 3.8) is 0 Å². The second-order valence-electron chi connectivity index (χ2n) is 11.4. The van der Waals surface area contributed by atoms with E-state index in [9.17, 15) is 4.79 Å². The number of aldehydes is 1. The number of fused-ring (bicyclic) bond motifs is 3. The SMILES string of the molecule is C=CC[C@@]1(C=O)CC2CCC1(OCc1ccccc1)C[C@@H]2O[Si](CCCC)(CCCC)CCCC. The van der Waals surface area contributed by atoms with E-state index < -0.39 is 19.3 Å². The molecule has 3 fully saturated rings. The molecule has 3 nitrogen and oxygen atoms in total. The van der Waals surface area contributed by atoms with Crippen molar-refractivity contribution in [2.45, 2.75) is 128 Å². The van der Waals surface area contributed by atoms with E-state index in [0.29, 0.717) is 18.9 Å². The van der Waals surface area contributed by atoms with Crippen LogP contribution in [0.3, 0.4) is 0 Å². The van der Waals surface area contributed by atoms with Gasteiger partial charge in [-0.3, -0.25) is 0 Å². The lowest BCUT2D eigenvalue weighted by Crippen LogP contribution is -2.64. The first-order chi connectivity index (χ1) is 17.0. The Bertz CT molecular complexity index is 759. The van der Waals surface area contributed by atoms with Gasteiger partial charge >= 0.3 is 0 Å². The van der Waals surface area contributed by atoms with Gasteiger partial charge in [0, 0.05) is 6.42 Å². The van der Waals surface area contributed by atoms with E-state index in [2.05, 4.69) is 51.6 Å². The zero-order chi connectivity index (χ0) is 25.2. The predicted molar refractivity (Wildman–Crippen MR) is 149 cm³/mol. The normalized spacial score (nSPS) is 28.2. The van der Waals surface area contributed by atoms with Gasteiger partial charge in [0.1, 0.15) is 6.29 Å². The van der Waals surface area contributed by atoms with Crippen LogP contribution in [0, 0.1) is 11.3 Å². The highest BCUT2D eigenvalue weighted by Gasteiger charge is 2.62. The second kappa shape index (κ2) is 13.4. The van der Waals surface area contributed by atoms with Crippen molar-refractivity contribution < 1.29 is 14.0 Å². The molecule has 35 heavy (non-hydrogen) atoms. The zero-order valence-electron chi connectivity index (χ0n) is 22.7. The first-order valence-electron chi connectivity index (χ1n) is 14.4. The third-order valence-electron chi connectivity index (χ3n) is 8.96. The average molecular weight is 499 g/mol. The molecule has 3 aliphatic carbocycles. The molecule has 0 amide bonds. The number of ether oxygens (including phenoxy) is 1. The van der Waals surface area contributed by atoms with Crippen LogP contribution in [0.1, 0.15) is 97.0 Å². The van der Waals surface area contributed by atoms with Crippen molar-refractivity contribution in [2.75, 3.05) is 0 Å². The van der Waals surface area contributed by atoms with Gasteiger partial charge < -0.3 is 14.0 Å². The summed E-state index contributed by atoms with van der Waals surface area (Å²) in [6.45, 7) is 11.5. The molecule has 4 rings (SSSR count). The Labute approximate surface area is 216 Å². The van der Waals surface area contributed by atoms with E-state index >= 15 is 0 Å². The van der Waals surface area contributed by atoms with Crippen LogP contribution in [0.15, 0.2) is 43.0 Å². The van der Waals surface area contributed by atoms with Gasteiger partial charge in [-0.05, 0) is 55.3 Å². The molecule has 0 aromatic heterocycles. The monoisotopic (exact) mass is 498 g/mol. The van der Waals surface area contributed by atoms with E-state index in [0.717, 1.165) is 25.7 Å². The number of hydrogen-bond acceptors (Lipinski definition) is 3. The van der Waals surface area contributed by atoms with Crippen LogP contribution in [-0.4, -0.2) is 26.3 Å². The lowest BCUT2D eigenvalue weighted by Gasteiger charge is -2.60. The van der Waals surface area contributed by atoms with Crippen LogP contribution in [0.5, 0.6) is 0 Å². The van der Waals surface area contributed by atoms with Crippen molar-refractivity contribution in [3.8, 4) is 0 Å². The van der Waals surface area contributed by atoms with Crippen LogP contribution >= 0.6 is 0 Å². The highest BCUT2D eigenvalue weighted by Crippen LogP contribution is 2.59. The van der Waals surface area contributed by atoms with Crippen molar-refractivity contribution in [1.82, 2.24) is 0 Å². The molecule has 4 heteroatoms. The van der Waals surface area contributed by atoms with Crippen LogP contribution in [-0.2, 0) is 20.6 Å². The quantitative estimate of drug-likeness (QED) is 0.122. The minimum Gasteiger partial charge on any atom is -0.414 e. The Morgan fingerprint density at radius 2 is 1.63 bits per heavy atom. The number of benzene rings is 1. The Morgan fingerprint density at radius 3 is 2.17 bits per heavy atom. The minimum absolute atomic E-state index is 0.231. The Kier molecular flexibility index (Phi) is 10.8. The zero-order valence-corrected chi connectivity index (χ0v) is 23.7. The molecule has 3 saturated carbocycles. The summed E-state index contributed by atoms with van der Waals surface area (Å²) >= 11 is 0. The van der Waals surface area contributed by atoms with Crippen molar-refractivity contribution >= 4 is 14.6 Å². The van der Waals surface area contributed by atoms with Gasteiger partial charge in [0.2, 0.25) is 0 Å². The molecule has 4 atom stereocenters. The summed E-state index contributed by atoms with van der Waals surface area (Å²) < 4.78 is 14.3. The molecule has 0 radical (unpaired) electrons. The summed E-state index contributed by atoms with van der Waals surface area (Å²) in [4.78, 5) is 12.7. The van der Waals surface area contributed by atoms with Crippen LogP contribution < -0.4 is 0 Å². The van der Waals surface area contributed by atoms with Crippen LogP contribution in [0.4, 0.5) is 0 Å². The maximum absolute atomic E-state index is 12.7. The Balaban J connectivity index is 1.88. The van der Waals surface area contributed by atoms with Gasteiger partial charge in [0.15, 0.2) is 8.32 Å². The molecule has 2 bridgehead atoms. The van der Waals surface area contributed by atoms with Gasteiger partial charge in [-0.2, -0.15) is 0 Å². The molecule has 0 N–H and O–H groups in total. The molecule has 3 aliphatic rings. The van der Waals surface area contributed by atoms with Crippen molar-refractivity contribution in [2.24, 2.45) is 11.3 Å². The molecule has 2 unspecified atom stereocenters. The van der Waals surface area contributed by atoms with E-state index in [1.54, 1.807) is 0 Å². The number of rotatable bonds is 17. The maximum atomic E-state index is 12.7. The number of carbonyl (C=O) groups is 1. The summed E-state index contributed by atoms with van der Waals surface area (Å²) in [6, 6.07) is 14.3. The fraction of sp³-hybridized carbons (Fsp3) is 0.710. The molecule has 1 aromatic carbocycles. The highest BCUT2D eigenvalue weighted by molar-refractivity contribution is 6.73. The molecule has 0 heterocycles. The molecular weight excluding hydrogens is 448 g/mol. The third kappa shape index (κ3) is 6.56. The van der Waals surface area contributed by atoms with Gasteiger partial charge in [0.05, 0.1) is 23.7 Å². The van der Waals surface area contributed by atoms with Gasteiger partial charge in [-0.25, -0.2) is 0 Å². The Morgan fingerprint density at radius 1 is 1.00 bits per heavy atom. The number of carbonyl (C=O) groups excluding carboxylic acids is 1. The predicted octanol–water partition coefficient (Wildman–Crippen LogP) is 8.64. The highest BCUT2D eigenvalue weighted by atomic mass is 28.4. The lowest BCUT2D eigenvalue weighted by atomic mass is 9.51. The smallest absolute Gasteiger partial charge is 0.193 e. The van der Waals surface area contributed by atoms with E-state index in [1.807, 2.05) is 12.1 Å². The van der Waals surface area contributed by atoms with E-state index in [4.69, 9.17) is 9.16 Å². The fourth-order valence-electron chi connectivity index (χ4n) is 6.85. The van der Waals surface area contributed by atoms with Gasteiger partial charge in [-0.1, -0.05) is 95.7 Å². The summed E-state index contributed by atoms with van der Waals surface area (Å²) in [7, 11) is -1.84. The molecule has 196 valence electrons. The molecule has 1 aromatic rings. The average Bonchev–Trinajstić information content (AvgIpc) is 2.90. The van der Waals surface area contributed by atoms with Crippen molar-refractivity contribution in [1.29, 1.82) is 0 Å². The fourth-order valence-corrected chi connectivity index (χ4v) is 11.9. The lowest BCUT2D eigenvalue weighted by molar-refractivity contribution is -0.221. The topological polar surface area (TPSA) is 35.5 Å². The number of unbranched alkanes of at least 4 members (excludes halogenated alkanes) is 3.